The average molecular weight is 368 g/mol. The van der Waals surface area contributed by atoms with E-state index >= 15 is 0 Å². The van der Waals surface area contributed by atoms with E-state index in [1.807, 2.05) is 13.8 Å². The topological polar surface area (TPSA) is 54.0 Å². The molecule has 0 aliphatic heterocycles. The third-order valence-electron chi connectivity index (χ3n) is 1.68. The van der Waals surface area contributed by atoms with Gasteiger partial charge < -0.3 is 23.7 Å². The van der Waals surface area contributed by atoms with Crippen molar-refractivity contribution in [2.45, 2.75) is 39.3 Å². The molecule has 7 heteroatoms. The zero-order valence-electron chi connectivity index (χ0n) is 12.7. The fourth-order valence-corrected chi connectivity index (χ4v) is 1.18. The number of alkyl halides is 1. The Hall–Kier alpha value is 0.280. The first-order valence-corrected chi connectivity index (χ1v) is 6.84. The predicted octanol–water partition coefficient (Wildman–Crippen LogP) is 3.03. The molecule has 0 aromatic carbocycles. The van der Waals surface area contributed by atoms with Gasteiger partial charge in [0.05, 0.1) is 5.33 Å². The molecule has 0 atom stereocenters. The van der Waals surface area contributed by atoms with E-state index in [1.165, 1.54) is 0 Å². The van der Waals surface area contributed by atoms with Crippen LogP contribution in [0.25, 0.3) is 0 Å². The SMILES string of the molecule is CCC(OC)OC.CCC=O.COC(CBr)OC.Cl. The summed E-state index contributed by atoms with van der Waals surface area (Å²) in [6.07, 6.45) is 2.31. The van der Waals surface area contributed by atoms with Gasteiger partial charge >= 0.3 is 0 Å². The minimum absolute atomic E-state index is 0. The Labute approximate surface area is 131 Å². The third kappa shape index (κ3) is 27.5. The van der Waals surface area contributed by atoms with Crippen molar-refractivity contribution in [3.8, 4) is 0 Å². The molecule has 0 saturated heterocycles. The van der Waals surface area contributed by atoms with Gasteiger partial charge in [0.2, 0.25) is 0 Å². The van der Waals surface area contributed by atoms with Gasteiger partial charge in [-0.2, -0.15) is 0 Å². The Morgan fingerprint density at radius 3 is 1.26 bits per heavy atom. The molecule has 0 spiro atoms. The van der Waals surface area contributed by atoms with E-state index < -0.39 is 0 Å². The number of hydrogen-bond donors (Lipinski definition) is 0. The molecule has 0 bridgehead atoms. The van der Waals surface area contributed by atoms with E-state index in [4.69, 9.17) is 18.9 Å². The lowest BCUT2D eigenvalue weighted by molar-refractivity contribution is -0.107. The molecule has 0 heterocycles. The predicted molar refractivity (Wildman–Crippen MR) is 83.3 cm³/mol. The Morgan fingerprint density at radius 1 is 0.947 bits per heavy atom. The summed E-state index contributed by atoms with van der Waals surface area (Å²) >= 11 is 3.19. The Balaban J connectivity index is -0.0000000900. The summed E-state index contributed by atoms with van der Waals surface area (Å²) in [4.78, 5) is 9.17. The molecule has 0 aromatic heterocycles. The molecule has 5 nitrogen and oxygen atoms in total. The second-order valence-electron chi connectivity index (χ2n) is 2.94. The van der Waals surface area contributed by atoms with Crippen LogP contribution in [0.1, 0.15) is 26.7 Å². The number of aldehydes is 1. The maximum atomic E-state index is 9.17. The number of hydrogen-bond acceptors (Lipinski definition) is 5. The Morgan fingerprint density at radius 2 is 1.26 bits per heavy atom. The molecule has 0 aliphatic carbocycles. The van der Waals surface area contributed by atoms with Gasteiger partial charge in [-0.25, -0.2) is 0 Å². The van der Waals surface area contributed by atoms with E-state index in [2.05, 4.69) is 15.9 Å². The number of rotatable bonds is 7. The minimum atomic E-state index is -0.0972. The van der Waals surface area contributed by atoms with Crippen LogP contribution in [-0.4, -0.2) is 52.6 Å². The monoisotopic (exact) mass is 366 g/mol. The highest BCUT2D eigenvalue weighted by Gasteiger charge is 1.98. The summed E-state index contributed by atoms with van der Waals surface area (Å²) in [5, 5.41) is 0.722. The molecule has 0 fully saturated rings. The van der Waals surface area contributed by atoms with Crippen LogP contribution in [0.3, 0.4) is 0 Å². The molecule has 0 unspecified atom stereocenters. The van der Waals surface area contributed by atoms with Gasteiger partial charge in [0.1, 0.15) is 6.29 Å². The molecule has 0 radical (unpaired) electrons. The molecule has 0 amide bonds. The first kappa shape index (κ1) is 27.6. The molecule has 0 saturated carbocycles. The molecule has 0 aliphatic rings. The van der Waals surface area contributed by atoms with E-state index in [1.54, 1.807) is 28.4 Å². The van der Waals surface area contributed by atoms with Gasteiger partial charge in [-0.3, -0.25) is 0 Å². The largest absolute Gasteiger partial charge is 0.356 e. The standard InChI is InChI=1S/C5H12O2.C4H9BrO2.C3H6O.ClH/c1-4-5(6-2)7-3;1-6-4(3-5)7-2;1-2-3-4;/h5H,4H2,1-3H3;4H,3H2,1-2H3;3H,2H2,1H3;1H. The number of ether oxygens (including phenoxy) is 4. The Kier molecular flexibility index (Phi) is 38.9. The second-order valence-corrected chi connectivity index (χ2v) is 3.59. The molecule has 0 N–H and O–H groups in total. The molecular formula is C12H28BrClO5. The second kappa shape index (κ2) is 26.8. The summed E-state index contributed by atoms with van der Waals surface area (Å²) in [5.74, 6) is 0. The maximum Gasteiger partial charge on any atom is 0.166 e. The van der Waals surface area contributed by atoms with Crippen LogP contribution >= 0.6 is 28.3 Å². The number of carbonyl (C=O) groups is 1. The highest BCUT2D eigenvalue weighted by molar-refractivity contribution is 9.09. The summed E-state index contributed by atoms with van der Waals surface area (Å²) in [6, 6.07) is 0. The fraction of sp³-hybridized carbons (Fsp3) is 0.917. The average Bonchev–Trinajstić information content (AvgIpc) is 2.44. The molecule has 120 valence electrons. The van der Waals surface area contributed by atoms with Crippen LogP contribution in [-0.2, 0) is 23.7 Å². The first-order chi connectivity index (χ1) is 8.61. The summed E-state index contributed by atoms with van der Waals surface area (Å²) in [7, 11) is 6.49. The summed E-state index contributed by atoms with van der Waals surface area (Å²) in [5.41, 5.74) is 0. The lowest BCUT2D eigenvalue weighted by atomic mass is 10.5. The molecular weight excluding hydrogens is 339 g/mol. The van der Waals surface area contributed by atoms with Crippen molar-refractivity contribution in [1.82, 2.24) is 0 Å². The normalized spacial score (nSPS) is 8.89. The number of carbonyl (C=O) groups excluding carboxylic acids is 1. The van der Waals surface area contributed by atoms with Crippen LogP contribution in [0, 0.1) is 0 Å². The minimum Gasteiger partial charge on any atom is -0.356 e. The van der Waals surface area contributed by atoms with E-state index in [-0.39, 0.29) is 25.0 Å². The van der Waals surface area contributed by atoms with Crippen molar-refractivity contribution in [2.24, 2.45) is 0 Å². The van der Waals surface area contributed by atoms with Crippen LogP contribution in [0.2, 0.25) is 0 Å². The number of halogens is 2. The van der Waals surface area contributed by atoms with Crippen LogP contribution in [0.4, 0.5) is 0 Å². The van der Waals surface area contributed by atoms with Crippen LogP contribution < -0.4 is 0 Å². The van der Waals surface area contributed by atoms with Gasteiger partial charge in [0.15, 0.2) is 12.6 Å². The molecule has 0 rings (SSSR count). The zero-order valence-corrected chi connectivity index (χ0v) is 15.1. The van der Waals surface area contributed by atoms with Gasteiger partial charge in [0, 0.05) is 34.9 Å². The van der Waals surface area contributed by atoms with Crippen LogP contribution in [0.15, 0.2) is 0 Å². The lowest BCUT2D eigenvalue weighted by Crippen LogP contribution is -2.13. The van der Waals surface area contributed by atoms with Crippen molar-refractivity contribution < 1.29 is 23.7 Å². The van der Waals surface area contributed by atoms with Gasteiger partial charge in [-0.1, -0.05) is 29.8 Å². The lowest BCUT2D eigenvalue weighted by Gasteiger charge is -2.08. The highest BCUT2D eigenvalue weighted by atomic mass is 79.9. The van der Waals surface area contributed by atoms with Gasteiger partial charge in [-0.05, 0) is 6.42 Å². The highest BCUT2D eigenvalue weighted by Crippen LogP contribution is 1.94. The molecule has 0 aromatic rings. The molecule has 19 heavy (non-hydrogen) atoms. The summed E-state index contributed by atoms with van der Waals surface area (Å²) < 4.78 is 19.2. The van der Waals surface area contributed by atoms with E-state index in [0.717, 1.165) is 18.0 Å². The quantitative estimate of drug-likeness (QED) is 0.393. The smallest absolute Gasteiger partial charge is 0.166 e. The first-order valence-electron chi connectivity index (χ1n) is 5.72. The maximum absolute atomic E-state index is 9.17. The van der Waals surface area contributed by atoms with Crippen molar-refractivity contribution in [2.75, 3.05) is 33.8 Å². The fourth-order valence-electron chi connectivity index (χ4n) is 0.652. The number of methoxy groups -OCH3 is 4. The summed E-state index contributed by atoms with van der Waals surface area (Å²) in [6.45, 7) is 3.82. The van der Waals surface area contributed by atoms with Crippen molar-refractivity contribution in [3.63, 3.8) is 0 Å². The van der Waals surface area contributed by atoms with Crippen LogP contribution in [0.5, 0.6) is 0 Å². The van der Waals surface area contributed by atoms with Gasteiger partial charge in [0.25, 0.3) is 0 Å². The Bertz CT molecular complexity index is 121. The van der Waals surface area contributed by atoms with E-state index in [0.29, 0.717) is 6.42 Å². The van der Waals surface area contributed by atoms with Crippen molar-refractivity contribution in [1.29, 1.82) is 0 Å². The van der Waals surface area contributed by atoms with E-state index in [9.17, 15) is 4.79 Å². The van der Waals surface area contributed by atoms with Crippen molar-refractivity contribution in [3.05, 3.63) is 0 Å². The van der Waals surface area contributed by atoms with Gasteiger partial charge in [-0.15, -0.1) is 12.4 Å². The van der Waals surface area contributed by atoms with Crippen molar-refractivity contribution >= 4 is 34.6 Å². The third-order valence-corrected chi connectivity index (χ3v) is 2.21. The zero-order chi connectivity index (χ0) is 14.8.